The van der Waals surface area contributed by atoms with Gasteiger partial charge in [-0.25, -0.2) is 0 Å². The van der Waals surface area contributed by atoms with Crippen LogP contribution in [0.15, 0.2) is 12.2 Å². The normalized spacial score (nSPS) is 29.1. The molecule has 0 atom stereocenters. The maximum absolute atomic E-state index is 11.0. The molecule has 0 bridgehead atoms. The molecule has 0 saturated heterocycles. The predicted octanol–water partition coefficient (Wildman–Crippen LogP) is 0.674. The quantitative estimate of drug-likeness (QED) is 0.474. The van der Waals surface area contributed by atoms with Gasteiger partial charge < -0.3 is 4.74 Å². The first-order chi connectivity index (χ1) is 4.33. The van der Waals surface area contributed by atoms with Crippen molar-refractivity contribution in [3.63, 3.8) is 0 Å². The second kappa shape index (κ2) is 1.45. The number of hydrogen-bond acceptors (Lipinski definition) is 2. The van der Waals surface area contributed by atoms with Gasteiger partial charge in [0.2, 0.25) is 0 Å². The van der Waals surface area contributed by atoms with E-state index in [9.17, 15) is 4.79 Å². The van der Waals surface area contributed by atoms with Gasteiger partial charge in [0.1, 0.15) is 5.60 Å². The van der Waals surface area contributed by atoms with Gasteiger partial charge >= 0.3 is 0 Å². The van der Waals surface area contributed by atoms with Crippen LogP contribution in [0.3, 0.4) is 0 Å². The van der Waals surface area contributed by atoms with E-state index in [2.05, 4.69) is 0 Å². The monoisotopic (exact) mass is 124 g/mol. The van der Waals surface area contributed by atoms with E-state index in [0.717, 1.165) is 12.8 Å². The highest BCUT2D eigenvalue weighted by molar-refractivity contribution is 5.99. The molecule has 2 rings (SSSR count). The van der Waals surface area contributed by atoms with E-state index in [-0.39, 0.29) is 11.4 Å². The zero-order chi connectivity index (χ0) is 6.32. The fraction of sp³-hybridized carbons (Fsp3) is 0.571. The molecule has 0 amide bonds. The summed E-state index contributed by atoms with van der Waals surface area (Å²) in [6.07, 6.45) is 5.26. The summed E-state index contributed by atoms with van der Waals surface area (Å²) in [5.74, 6) is 0.161. The Morgan fingerprint density at radius 3 is 2.78 bits per heavy atom. The molecule has 0 radical (unpaired) electrons. The molecule has 9 heavy (non-hydrogen) atoms. The second-order valence-electron chi connectivity index (χ2n) is 2.57. The Hall–Kier alpha value is -0.630. The van der Waals surface area contributed by atoms with E-state index in [4.69, 9.17) is 4.74 Å². The average molecular weight is 124 g/mol. The maximum Gasteiger partial charge on any atom is 0.187 e. The molecule has 2 aliphatic rings. The van der Waals surface area contributed by atoms with Crippen LogP contribution < -0.4 is 0 Å². The molecule has 0 aromatic heterocycles. The standard InChI is InChI=1S/C7H8O2/c8-6-2-1-5-9-7(6)3-4-7/h1-2H,3-5H2. The minimum atomic E-state index is -0.339. The fourth-order valence-electron chi connectivity index (χ4n) is 1.09. The highest BCUT2D eigenvalue weighted by Gasteiger charge is 2.50. The molecule has 1 heterocycles. The van der Waals surface area contributed by atoms with Gasteiger partial charge in [0.25, 0.3) is 0 Å². The minimum Gasteiger partial charge on any atom is -0.363 e. The number of carbonyl (C=O) groups excluding carboxylic acids is 1. The van der Waals surface area contributed by atoms with Crippen LogP contribution in [-0.4, -0.2) is 18.0 Å². The fourth-order valence-corrected chi connectivity index (χ4v) is 1.09. The summed E-state index contributed by atoms with van der Waals surface area (Å²) in [5.41, 5.74) is -0.339. The molecule has 2 nitrogen and oxygen atoms in total. The number of carbonyl (C=O) groups is 1. The van der Waals surface area contributed by atoms with Crippen molar-refractivity contribution >= 4 is 5.78 Å². The van der Waals surface area contributed by atoms with Crippen molar-refractivity contribution in [2.75, 3.05) is 6.61 Å². The van der Waals surface area contributed by atoms with Crippen molar-refractivity contribution in [2.45, 2.75) is 18.4 Å². The van der Waals surface area contributed by atoms with E-state index in [1.54, 1.807) is 12.2 Å². The molecule has 1 aliphatic carbocycles. The van der Waals surface area contributed by atoms with Crippen LogP contribution in [0.1, 0.15) is 12.8 Å². The van der Waals surface area contributed by atoms with Crippen molar-refractivity contribution in [3.8, 4) is 0 Å². The molecule has 1 aliphatic heterocycles. The number of hydrogen-bond donors (Lipinski definition) is 0. The van der Waals surface area contributed by atoms with Gasteiger partial charge in [-0.15, -0.1) is 0 Å². The van der Waals surface area contributed by atoms with Crippen LogP contribution in [0, 0.1) is 0 Å². The van der Waals surface area contributed by atoms with Gasteiger partial charge in [0.15, 0.2) is 5.78 Å². The van der Waals surface area contributed by atoms with Gasteiger partial charge in [0, 0.05) is 0 Å². The molecule has 0 N–H and O–H groups in total. The lowest BCUT2D eigenvalue weighted by molar-refractivity contribution is -0.128. The lowest BCUT2D eigenvalue weighted by Crippen LogP contribution is -2.27. The van der Waals surface area contributed by atoms with E-state index >= 15 is 0 Å². The summed E-state index contributed by atoms with van der Waals surface area (Å²) in [6, 6.07) is 0. The molecule has 1 saturated carbocycles. The molecule has 48 valence electrons. The third kappa shape index (κ3) is 0.630. The molecule has 0 aromatic carbocycles. The van der Waals surface area contributed by atoms with Gasteiger partial charge in [-0.3, -0.25) is 4.79 Å². The highest BCUT2D eigenvalue weighted by Crippen LogP contribution is 2.41. The van der Waals surface area contributed by atoms with Crippen LogP contribution in [0.4, 0.5) is 0 Å². The summed E-state index contributed by atoms with van der Waals surface area (Å²) in [7, 11) is 0. The molecular weight excluding hydrogens is 116 g/mol. The Labute approximate surface area is 53.5 Å². The molecular formula is C7H8O2. The number of ketones is 1. The van der Waals surface area contributed by atoms with Crippen molar-refractivity contribution < 1.29 is 9.53 Å². The van der Waals surface area contributed by atoms with Gasteiger partial charge in [0.05, 0.1) is 6.61 Å². The Morgan fingerprint density at radius 2 is 2.33 bits per heavy atom. The summed E-state index contributed by atoms with van der Waals surface area (Å²) in [6.45, 7) is 0.617. The Morgan fingerprint density at radius 1 is 1.56 bits per heavy atom. The largest absolute Gasteiger partial charge is 0.363 e. The Kier molecular flexibility index (Phi) is 0.833. The van der Waals surface area contributed by atoms with Crippen LogP contribution >= 0.6 is 0 Å². The Bertz CT molecular complexity index is 177. The summed E-state index contributed by atoms with van der Waals surface area (Å²) in [5, 5.41) is 0. The van der Waals surface area contributed by atoms with Crippen molar-refractivity contribution in [3.05, 3.63) is 12.2 Å². The smallest absolute Gasteiger partial charge is 0.187 e. The van der Waals surface area contributed by atoms with Crippen molar-refractivity contribution in [1.29, 1.82) is 0 Å². The van der Waals surface area contributed by atoms with Crippen LogP contribution in [0.5, 0.6) is 0 Å². The highest BCUT2D eigenvalue weighted by atomic mass is 16.5. The zero-order valence-electron chi connectivity index (χ0n) is 5.09. The van der Waals surface area contributed by atoms with Crippen LogP contribution in [-0.2, 0) is 9.53 Å². The number of rotatable bonds is 0. The molecule has 0 unspecified atom stereocenters. The van der Waals surface area contributed by atoms with E-state index in [0.29, 0.717) is 6.61 Å². The summed E-state index contributed by atoms with van der Waals surface area (Å²) < 4.78 is 5.25. The molecule has 1 fully saturated rings. The van der Waals surface area contributed by atoms with E-state index in [1.807, 2.05) is 0 Å². The molecule has 0 aromatic rings. The first kappa shape index (κ1) is 5.18. The summed E-state index contributed by atoms with van der Waals surface area (Å²) in [4.78, 5) is 11.0. The lowest BCUT2D eigenvalue weighted by atomic mass is 10.1. The minimum absolute atomic E-state index is 0.161. The van der Waals surface area contributed by atoms with Crippen LogP contribution in [0.25, 0.3) is 0 Å². The number of ether oxygens (including phenoxy) is 1. The van der Waals surface area contributed by atoms with E-state index < -0.39 is 0 Å². The second-order valence-corrected chi connectivity index (χ2v) is 2.57. The summed E-state index contributed by atoms with van der Waals surface area (Å²) >= 11 is 0. The molecule has 1 spiro atoms. The topological polar surface area (TPSA) is 26.3 Å². The van der Waals surface area contributed by atoms with E-state index in [1.165, 1.54) is 0 Å². The first-order valence-corrected chi connectivity index (χ1v) is 3.18. The van der Waals surface area contributed by atoms with Crippen molar-refractivity contribution in [1.82, 2.24) is 0 Å². The third-order valence-corrected chi connectivity index (χ3v) is 1.88. The zero-order valence-corrected chi connectivity index (χ0v) is 5.09. The predicted molar refractivity (Wildman–Crippen MR) is 32.1 cm³/mol. The lowest BCUT2D eigenvalue weighted by Gasteiger charge is -2.14. The van der Waals surface area contributed by atoms with Crippen LogP contribution in [0.2, 0.25) is 0 Å². The van der Waals surface area contributed by atoms with Gasteiger partial charge in [-0.2, -0.15) is 0 Å². The SMILES string of the molecule is O=C1C=CCOC12CC2. The van der Waals surface area contributed by atoms with Gasteiger partial charge in [-0.05, 0) is 18.9 Å². The third-order valence-electron chi connectivity index (χ3n) is 1.88. The molecule has 2 heteroatoms. The van der Waals surface area contributed by atoms with Gasteiger partial charge in [-0.1, -0.05) is 6.08 Å². The first-order valence-electron chi connectivity index (χ1n) is 3.18. The average Bonchev–Trinajstić information content (AvgIpc) is 2.60. The maximum atomic E-state index is 11.0. The Balaban J connectivity index is 2.26. The van der Waals surface area contributed by atoms with Crippen molar-refractivity contribution in [2.24, 2.45) is 0 Å².